The molecule has 1 heterocycles. The predicted molar refractivity (Wildman–Crippen MR) is 32.2 cm³/mol. The summed E-state index contributed by atoms with van der Waals surface area (Å²) in [6.07, 6.45) is 1.55. The molecule has 0 spiro atoms. The lowest BCUT2D eigenvalue weighted by Gasteiger charge is -1.81. The molecule has 9 heavy (non-hydrogen) atoms. The topological polar surface area (TPSA) is 53.1 Å². The summed E-state index contributed by atoms with van der Waals surface area (Å²) in [4.78, 5) is 12.7. The van der Waals surface area contributed by atoms with Crippen LogP contribution in [0, 0.1) is 6.92 Å². The number of carboxylic acid groups (broad SMARTS) is 1. The molecule has 0 aliphatic rings. The molecule has 0 atom stereocenters. The number of nitrogens with one attached hydrogen (secondary N) is 1. The van der Waals surface area contributed by atoms with Gasteiger partial charge in [-0.15, -0.1) is 0 Å². The number of H-pyrrole nitrogens is 1. The number of rotatable bonds is 1. The van der Waals surface area contributed by atoms with Gasteiger partial charge < -0.3 is 10.1 Å². The first kappa shape index (κ1) is 5.88. The van der Waals surface area contributed by atoms with Gasteiger partial charge in [0.2, 0.25) is 0 Å². The lowest BCUT2D eigenvalue weighted by atomic mass is 10.3. The van der Waals surface area contributed by atoms with Crippen LogP contribution in [0.3, 0.4) is 0 Å². The molecule has 3 heteroatoms. The molecule has 1 radical (unpaired) electrons. The Labute approximate surface area is 52.3 Å². The molecule has 0 saturated heterocycles. The van der Waals surface area contributed by atoms with Crippen molar-refractivity contribution in [3.05, 3.63) is 30.4 Å². The first-order valence-electron chi connectivity index (χ1n) is 2.44. The highest BCUT2D eigenvalue weighted by atomic mass is 16.4. The van der Waals surface area contributed by atoms with Gasteiger partial charge in [0, 0.05) is 6.20 Å². The van der Waals surface area contributed by atoms with Crippen LogP contribution in [0.4, 0.5) is 0 Å². The maximum atomic E-state index is 10.2. The van der Waals surface area contributed by atoms with Gasteiger partial charge in [-0.2, -0.15) is 0 Å². The van der Waals surface area contributed by atoms with E-state index < -0.39 is 5.97 Å². The fourth-order valence-electron chi connectivity index (χ4n) is 0.563. The molecule has 0 aliphatic carbocycles. The molecule has 0 aliphatic heterocycles. The minimum absolute atomic E-state index is 0.181. The standard InChI is InChI=1S/C6H6NO2/c1-4-2-5(6(8)9)7-3-4/h2-3,7H,1H2,(H,8,9). The Bertz CT molecular complexity index is 227. The Morgan fingerprint density at radius 1 is 1.78 bits per heavy atom. The van der Waals surface area contributed by atoms with Crippen LogP contribution in [0.2, 0.25) is 0 Å². The van der Waals surface area contributed by atoms with Crippen molar-refractivity contribution in [3.63, 3.8) is 0 Å². The number of carbonyl (C=O) groups is 1. The molecular formula is C6H6NO2. The minimum atomic E-state index is -0.954. The van der Waals surface area contributed by atoms with Gasteiger partial charge >= 0.3 is 5.97 Å². The zero-order valence-electron chi connectivity index (χ0n) is 4.72. The van der Waals surface area contributed by atoms with Crippen molar-refractivity contribution in [2.24, 2.45) is 0 Å². The van der Waals surface area contributed by atoms with Gasteiger partial charge in [0.1, 0.15) is 5.69 Å². The van der Waals surface area contributed by atoms with Crippen LogP contribution in [0.25, 0.3) is 0 Å². The van der Waals surface area contributed by atoms with E-state index in [0.717, 1.165) is 0 Å². The van der Waals surface area contributed by atoms with Gasteiger partial charge in [0.25, 0.3) is 0 Å². The number of hydrogen-bond donors (Lipinski definition) is 2. The van der Waals surface area contributed by atoms with Crippen LogP contribution < -0.4 is 0 Å². The molecule has 0 bridgehead atoms. The summed E-state index contributed by atoms with van der Waals surface area (Å²) in [7, 11) is 0. The monoisotopic (exact) mass is 124 g/mol. The van der Waals surface area contributed by atoms with Crippen molar-refractivity contribution in [2.45, 2.75) is 0 Å². The van der Waals surface area contributed by atoms with E-state index in [4.69, 9.17) is 5.11 Å². The molecule has 1 rings (SSSR count). The summed E-state index contributed by atoms with van der Waals surface area (Å²) in [6, 6.07) is 1.47. The number of carboxylic acids is 1. The van der Waals surface area contributed by atoms with E-state index in [0.29, 0.717) is 5.56 Å². The van der Waals surface area contributed by atoms with Crippen molar-refractivity contribution in [1.29, 1.82) is 0 Å². The highest BCUT2D eigenvalue weighted by molar-refractivity contribution is 5.85. The second-order valence-corrected chi connectivity index (χ2v) is 1.73. The van der Waals surface area contributed by atoms with Gasteiger partial charge in [0.05, 0.1) is 0 Å². The molecule has 1 aromatic rings. The summed E-state index contributed by atoms with van der Waals surface area (Å²) in [6.45, 7) is 3.53. The van der Waals surface area contributed by atoms with E-state index >= 15 is 0 Å². The Kier molecular flexibility index (Phi) is 1.26. The molecule has 0 fully saturated rings. The van der Waals surface area contributed by atoms with E-state index in [2.05, 4.69) is 11.9 Å². The molecule has 0 unspecified atom stereocenters. The van der Waals surface area contributed by atoms with Gasteiger partial charge in [0.15, 0.2) is 0 Å². The minimum Gasteiger partial charge on any atom is -0.477 e. The van der Waals surface area contributed by atoms with Crippen molar-refractivity contribution in [3.8, 4) is 0 Å². The van der Waals surface area contributed by atoms with E-state index in [1.54, 1.807) is 6.20 Å². The summed E-state index contributed by atoms with van der Waals surface area (Å²) >= 11 is 0. The summed E-state index contributed by atoms with van der Waals surface area (Å²) < 4.78 is 0. The zero-order chi connectivity index (χ0) is 6.85. The van der Waals surface area contributed by atoms with Crippen LogP contribution in [-0.2, 0) is 0 Å². The highest BCUT2D eigenvalue weighted by Gasteiger charge is 2.01. The molecule has 0 saturated carbocycles. The van der Waals surface area contributed by atoms with Crippen LogP contribution in [0.15, 0.2) is 12.3 Å². The fourth-order valence-corrected chi connectivity index (χ4v) is 0.563. The summed E-state index contributed by atoms with van der Waals surface area (Å²) in [5, 5.41) is 8.34. The third kappa shape index (κ3) is 1.10. The van der Waals surface area contributed by atoms with Gasteiger partial charge in [-0.25, -0.2) is 4.79 Å². The van der Waals surface area contributed by atoms with Crippen molar-refractivity contribution in [1.82, 2.24) is 4.98 Å². The molecule has 3 nitrogen and oxygen atoms in total. The lowest BCUT2D eigenvalue weighted by Crippen LogP contribution is -1.94. The van der Waals surface area contributed by atoms with E-state index in [1.807, 2.05) is 0 Å². The van der Waals surface area contributed by atoms with Crippen LogP contribution in [0.5, 0.6) is 0 Å². The van der Waals surface area contributed by atoms with Gasteiger partial charge in [-0.05, 0) is 18.6 Å². The predicted octanol–water partition coefficient (Wildman–Crippen LogP) is 0.895. The highest BCUT2D eigenvalue weighted by Crippen LogP contribution is 1.99. The number of hydrogen-bond acceptors (Lipinski definition) is 1. The SMILES string of the molecule is [CH2]c1c[nH]c(C(=O)O)c1. The lowest BCUT2D eigenvalue weighted by molar-refractivity contribution is 0.0691. The average Bonchev–Trinajstić information content (AvgIpc) is 2.14. The second-order valence-electron chi connectivity index (χ2n) is 1.73. The Morgan fingerprint density at radius 3 is 2.67 bits per heavy atom. The Hall–Kier alpha value is -1.25. The molecular weight excluding hydrogens is 118 g/mol. The number of aromatic carboxylic acids is 1. The van der Waals surface area contributed by atoms with Crippen molar-refractivity contribution >= 4 is 5.97 Å². The Morgan fingerprint density at radius 2 is 2.44 bits per heavy atom. The molecule has 2 N–H and O–H groups in total. The normalized spacial score (nSPS) is 9.44. The van der Waals surface area contributed by atoms with E-state index in [9.17, 15) is 4.79 Å². The molecule has 47 valence electrons. The molecule has 0 amide bonds. The molecule has 0 aromatic carbocycles. The first-order chi connectivity index (χ1) is 4.20. The Balaban J connectivity index is 2.98. The average molecular weight is 124 g/mol. The van der Waals surface area contributed by atoms with Crippen LogP contribution in [-0.4, -0.2) is 16.1 Å². The van der Waals surface area contributed by atoms with E-state index in [1.165, 1.54) is 6.07 Å². The maximum Gasteiger partial charge on any atom is 0.352 e. The fraction of sp³-hybridized carbons (Fsp3) is 0. The summed E-state index contributed by atoms with van der Waals surface area (Å²) in [5.74, 6) is -0.954. The second kappa shape index (κ2) is 1.93. The number of aromatic nitrogens is 1. The smallest absolute Gasteiger partial charge is 0.352 e. The first-order valence-corrected chi connectivity index (χ1v) is 2.44. The largest absolute Gasteiger partial charge is 0.477 e. The van der Waals surface area contributed by atoms with Crippen molar-refractivity contribution < 1.29 is 9.90 Å². The third-order valence-corrected chi connectivity index (χ3v) is 0.973. The zero-order valence-corrected chi connectivity index (χ0v) is 4.72. The third-order valence-electron chi connectivity index (χ3n) is 0.973. The quantitative estimate of drug-likeness (QED) is 0.584. The van der Waals surface area contributed by atoms with Crippen LogP contribution >= 0.6 is 0 Å². The number of aromatic amines is 1. The molecule has 1 aromatic heterocycles. The van der Waals surface area contributed by atoms with E-state index in [-0.39, 0.29) is 5.69 Å². The van der Waals surface area contributed by atoms with Gasteiger partial charge in [-0.1, -0.05) is 0 Å². The van der Waals surface area contributed by atoms with Crippen LogP contribution in [0.1, 0.15) is 16.1 Å². The van der Waals surface area contributed by atoms with Gasteiger partial charge in [-0.3, -0.25) is 0 Å². The van der Waals surface area contributed by atoms with Crippen molar-refractivity contribution in [2.75, 3.05) is 0 Å². The summed E-state index contributed by atoms with van der Waals surface area (Å²) in [5.41, 5.74) is 0.868. The maximum absolute atomic E-state index is 10.2.